The second kappa shape index (κ2) is 4.00. The number of hydrogen-bond acceptors (Lipinski definition) is 4. The summed E-state index contributed by atoms with van der Waals surface area (Å²) >= 11 is 0. The lowest BCUT2D eigenvalue weighted by Gasteiger charge is -1.97. The number of hydrogen-bond donors (Lipinski definition) is 2. The van der Waals surface area contributed by atoms with Gasteiger partial charge in [0.2, 0.25) is 0 Å². The highest BCUT2D eigenvalue weighted by Crippen LogP contribution is 2.02. The summed E-state index contributed by atoms with van der Waals surface area (Å²) in [6, 6.07) is 0. The summed E-state index contributed by atoms with van der Waals surface area (Å²) in [5.41, 5.74) is 0.976. The van der Waals surface area contributed by atoms with Gasteiger partial charge in [0.05, 0.1) is 6.42 Å². The van der Waals surface area contributed by atoms with E-state index in [1.54, 1.807) is 13.8 Å². The van der Waals surface area contributed by atoms with Crippen LogP contribution in [0.4, 0.5) is 0 Å². The fraction of sp³-hybridized carbons (Fsp3) is 0.400. The monoisotopic (exact) mass is 236 g/mol. The molecule has 0 bridgehead atoms. The van der Waals surface area contributed by atoms with E-state index in [2.05, 4.69) is 15.1 Å². The van der Waals surface area contributed by atoms with Crippen LogP contribution >= 0.6 is 0 Å². The highest BCUT2D eigenvalue weighted by Gasteiger charge is 2.10. The lowest BCUT2D eigenvalue weighted by Crippen LogP contribution is -2.19. The molecule has 7 heteroatoms. The topological polar surface area (TPSA) is 100 Å². The van der Waals surface area contributed by atoms with E-state index in [1.807, 2.05) is 0 Å². The maximum absolute atomic E-state index is 11.8. The summed E-state index contributed by atoms with van der Waals surface area (Å²) in [5, 5.41) is 11.3. The first-order valence-corrected chi connectivity index (χ1v) is 5.15. The van der Waals surface area contributed by atoms with Gasteiger partial charge < -0.3 is 5.11 Å². The van der Waals surface area contributed by atoms with E-state index >= 15 is 0 Å². The quantitative estimate of drug-likeness (QED) is 0.784. The number of aryl methyl sites for hydroxylation is 2. The Balaban J connectivity index is 2.47. The summed E-state index contributed by atoms with van der Waals surface area (Å²) in [7, 11) is 0. The molecule has 0 aliphatic carbocycles. The van der Waals surface area contributed by atoms with Crippen molar-refractivity contribution < 1.29 is 9.90 Å². The molecule has 0 amide bonds. The highest BCUT2D eigenvalue weighted by atomic mass is 16.4. The third kappa shape index (κ3) is 2.03. The Morgan fingerprint density at radius 3 is 2.76 bits per heavy atom. The van der Waals surface area contributed by atoms with Crippen LogP contribution in [0.1, 0.15) is 23.5 Å². The standard InChI is InChI=1S/C10H12N4O3/c1-5-6(2)11-10-12-7(3-4-8(15)16)13-14(10)9(5)17/h3-4H2,1-2H3,(H,15,16)(H,11,12,13). The Morgan fingerprint density at radius 1 is 1.41 bits per heavy atom. The van der Waals surface area contributed by atoms with Gasteiger partial charge in [0.1, 0.15) is 5.82 Å². The molecule has 90 valence electrons. The Kier molecular flexibility index (Phi) is 2.66. The van der Waals surface area contributed by atoms with Crippen molar-refractivity contribution in [1.29, 1.82) is 0 Å². The number of aromatic amines is 1. The molecule has 0 aliphatic rings. The average Bonchev–Trinajstić information content (AvgIpc) is 2.66. The number of aliphatic carboxylic acids is 1. The molecule has 0 saturated heterocycles. The minimum atomic E-state index is -0.905. The predicted molar refractivity (Wildman–Crippen MR) is 59.0 cm³/mol. The van der Waals surface area contributed by atoms with Gasteiger partial charge in [-0.2, -0.15) is 9.50 Å². The molecule has 0 radical (unpaired) electrons. The van der Waals surface area contributed by atoms with Crippen molar-refractivity contribution in [3.63, 3.8) is 0 Å². The van der Waals surface area contributed by atoms with Crippen LogP contribution in [0.5, 0.6) is 0 Å². The van der Waals surface area contributed by atoms with Gasteiger partial charge in [-0.25, -0.2) is 4.98 Å². The summed E-state index contributed by atoms with van der Waals surface area (Å²) in [4.78, 5) is 30.5. The first kappa shape index (κ1) is 11.3. The van der Waals surface area contributed by atoms with Gasteiger partial charge in [-0.05, 0) is 13.8 Å². The van der Waals surface area contributed by atoms with Crippen molar-refractivity contribution in [2.75, 3.05) is 0 Å². The SMILES string of the molecule is Cc1nc2nc(CCC(=O)O)[nH]n2c(=O)c1C. The van der Waals surface area contributed by atoms with Crippen LogP contribution < -0.4 is 5.56 Å². The third-order valence-electron chi connectivity index (χ3n) is 2.59. The molecule has 0 aliphatic heterocycles. The molecule has 2 heterocycles. The van der Waals surface area contributed by atoms with E-state index in [1.165, 1.54) is 4.52 Å². The van der Waals surface area contributed by atoms with Gasteiger partial charge in [0.15, 0.2) is 0 Å². The highest BCUT2D eigenvalue weighted by molar-refractivity contribution is 5.66. The summed E-state index contributed by atoms with van der Waals surface area (Å²) < 4.78 is 1.24. The number of aromatic nitrogens is 4. The third-order valence-corrected chi connectivity index (χ3v) is 2.59. The molecule has 2 aromatic heterocycles. The number of rotatable bonds is 3. The van der Waals surface area contributed by atoms with E-state index in [0.717, 1.165) is 0 Å². The molecule has 0 fully saturated rings. The predicted octanol–water partition coefficient (Wildman–Crippen LogP) is 0.0516. The van der Waals surface area contributed by atoms with Crippen LogP contribution in [0.15, 0.2) is 4.79 Å². The van der Waals surface area contributed by atoms with E-state index in [4.69, 9.17) is 5.11 Å². The first-order valence-electron chi connectivity index (χ1n) is 5.15. The molecule has 0 spiro atoms. The normalized spacial score (nSPS) is 10.9. The molecule has 17 heavy (non-hydrogen) atoms. The van der Waals surface area contributed by atoms with Crippen molar-refractivity contribution in [2.24, 2.45) is 0 Å². The van der Waals surface area contributed by atoms with Gasteiger partial charge in [-0.1, -0.05) is 0 Å². The minimum absolute atomic E-state index is 0.0352. The number of nitrogens with one attached hydrogen (secondary N) is 1. The van der Waals surface area contributed by atoms with Crippen molar-refractivity contribution in [2.45, 2.75) is 26.7 Å². The van der Waals surface area contributed by atoms with E-state index < -0.39 is 5.97 Å². The molecule has 0 atom stereocenters. The maximum atomic E-state index is 11.8. The smallest absolute Gasteiger partial charge is 0.303 e. The summed E-state index contributed by atoms with van der Waals surface area (Å²) in [6.07, 6.45) is 0.211. The van der Waals surface area contributed by atoms with Gasteiger partial charge in [0.25, 0.3) is 11.3 Å². The zero-order valence-electron chi connectivity index (χ0n) is 9.52. The number of fused-ring (bicyclic) bond motifs is 1. The molecular weight excluding hydrogens is 224 g/mol. The van der Waals surface area contributed by atoms with E-state index in [9.17, 15) is 9.59 Å². The van der Waals surface area contributed by atoms with Gasteiger partial charge in [0, 0.05) is 17.7 Å². The molecular formula is C10H12N4O3. The number of H-pyrrole nitrogens is 1. The Morgan fingerprint density at radius 2 is 2.12 bits per heavy atom. The Labute approximate surface area is 96.1 Å². The molecule has 0 saturated carbocycles. The maximum Gasteiger partial charge on any atom is 0.303 e. The molecule has 2 aromatic rings. The van der Waals surface area contributed by atoms with Crippen LogP contribution in [0.2, 0.25) is 0 Å². The lowest BCUT2D eigenvalue weighted by molar-refractivity contribution is -0.137. The summed E-state index contributed by atoms with van der Waals surface area (Å²) in [6.45, 7) is 3.43. The lowest BCUT2D eigenvalue weighted by atomic mass is 10.3. The van der Waals surface area contributed by atoms with Gasteiger partial charge in [-0.15, -0.1) is 0 Å². The van der Waals surface area contributed by atoms with Crippen molar-refractivity contribution in [3.8, 4) is 0 Å². The van der Waals surface area contributed by atoms with E-state index in [-0.39, 0.29) is 24.2 Å². The van der Waals surface area contributed by atoms with Crippen molar-refractivity contribution in [3.05, 3.63) is 27.4 Å². The number of nitrogens with zero attached hydrogens (tertiary/aromatic N) is 3. The zero-order valence-corrected chi connectivity index (χ0v) is 9.52. The minimum Gasteiger partial charge on any atom is -0.481 e. The fourth-order valence-corrected chi connectivity index (χ4v) is 1.48. The molecule has 2 rings (SSSR count). The molecule has 0 unspecified atom stereocenters. The Bertz CT molecular complexity index is 641. The number of carbonyl (C=O) groups is 1. The zero-order chi connectivity index (χ0) is 12.6. The molecule has 7 nitrogen and oxygen atoms in total. The fourth-order valence-electron chi connectivity index (χ4n) is 1.48. The largest absolute Gasteiger partial charge is 0.481 e. The van der Waals surface area contributed by atoms with Crippen LogP contribution in [0, 0.1) is 13.8 Å². The second-order valence-corrected chi connectivity index (χ2v) is 3.83. The summed E-state index contributed by atoms with van der Waals surface area (Å²) in [5.74, 6) is -0.182. The molecule has 0 aromatic carbocycles. The Hall–Kier alpha value is -2.18. The van der Waals surface area contributed by atoms with Crippen LogP contribution in [-0.2, 0) is 11.2 Å². The average molecular weight is 236 g/mol. The van der Waals surface area contributed by atoms with Gasteiger partial charge >= 0.3 is 5.97 Å². The second-order valence-electron chi connectivity index (χ2n) is 3.83. The van der Waals surface area contributed by atoms with Crippen LogP contribution in [-0.4, -0.2) is 30.7 Å². The van der Waals surface area contributed by atoms with Crippen molar-refractivity contribution in [1.82, 2.24) is 19.6 Å². The van der Waals surface area contributed by atoms with E-state index in [0.29, 0.717) is 17.1 Å². The van der Waals surface area contributed by atoms with Crippen LogP contribution in [0.25, 0.3) is 5.78 Å². The van der Waals surface area contributed by atoms with Crippen LogP contribution in [0.3, 0.4) is 0 Å². The van der Waals surface area contributed by atoms with Crippen molar-refractivity contribution >= 4 is 11.7 Å². The van der Waals surface area contributed by atoms with Gasteiger partial charge in [-0.3, -0.25) is 14.7 Å². The molecule has 2 N–H and O–H groups in total. The number of carboxylic acids is 1. The first-order chi connectivity index (χ1) is 7.99. The number of carboxylic acid groups (broad SMARTS) is 1.